The van der Waals surface area contributed by atoms with Gasteiger partial charge in [-0.25, -0.2) is 4.79 Å². The molecular formula is C13H16N2O5. The summed E-state index contributed by atoms with van der Waals surface area (Å²) < 4.78 is 5.09. The topological polar surface area (TPSA) is 99.1 Å². The molecule has 1 aliphatic heterocycles. The molecule has 0 radical (unpaired) electrons. The molecule has 0 aliphatic carbocycles. The molecule has 1 aliphatic rings. The maximum absolute atomic E-state index is 12.1. The summed E-state index contributed by atoms with van der Waals surface area (Å²) in [5.41, 5.74) is 0.589. The van der Waals surface area contributed by atoms with Gasteiger partial charge < -0.3 is 20.3 Å². The number of hydrogen-bond acceptors (Lipinski definition) is 4. The minimum Gasteiger partial charge on any atom is -0.508 e. The molecule has 0 spiro atoms. The molecule has 7 heteroatoms. The number of carbonyl (C=O) groups excluding carboxylic acids is 1. The number of amides is 2. The molecule has 2 amide bonds. The summed E-state index contributed by atoms with van der Waals surface area (Å²) in [6, 6.07) is 5.16. The molecule has 1 saturated heterocycles. The minimum absolute atomic E-state index is 0.100. The van der Waals surface area contributed by atoms with Crippen LogP contribution < -0.4 is 10.2 Å². The first-order valence-electron chi connectivity index (χ1n) is 6.13. The Morgan fingerprint density at radius 1 is 1.30 bits per heavy atom. The minimum atomic E-state index is -0.986. The van der Waals surface area contributed by atoms with Crippen LogP contribution in [0.5, 0.6) is 5.75 Å². The number of phenolic OH excluding ortho intramolecular Hbond substituents is 1. The lowest BCUT2D eigenvalue weighted by Crippen LogP contribution is -2.47. The predicted octanol–water partition coefficient (Wildman–Crippen LogP) is 0.638. The number of nitrogens with zero attached hydrogens (tertiary/aromatic N) is 1. The largest absolute Gasteiger partial charge is 0.508 e. The second kappa shape index (κ2) is 5.79. The van der Waals surface area contributed by atoms with Crippen molar-refractivity contribution in [1.82, 2.24) is 5.32 Å². The first-order valence-corrected chi connectivity index (χ1v) is 6.13. The second-order valence-corrected chi connectivity index (χ2v) is 4.61. The summed E-state index contributed by atoms with van der Waals surface area (Å²) in [4.78, 5) is 24.4. The van der Waals surface area contributed by atoms with Gasteiger partial charge in [-0.15, -0.1) is 0 Å². The molecule has 1 fully saturated rings. The van der Waals surface area contributed by atoms with Gasteiger partial charge in [0.1, 0.15) is 11.7 Å². The van der Waals surface area contributed by atoms with Crippen LogP contribution >= 0.6 is 0 Å². The van der Waals surface area contributed by atoms with Crippen LogP contribution in [0.2, 0.25) is 0 Å². The summed E-state index contributed by atoms with van der Waals surface area (Å²) in [5.74, 6) is -1.61. The van der Waals surface area contributed by atoms with E-state index in [9.17, 15) is 14.7 Å². The molecule has 1 aromatic rings. The Morgan fingerprint density at radius 3 is 2.55 bits per heavy atom. The molecule has 2 unspecified atom stereocenters. The smallest absolute Gasteiger partial charge is 0.321 e. The molecule has 0 saturated carbocycles. The van der Waals surface area contributed by atoms with Crippen molar-refractivity contribution in [2.24, 2.45) is 5.92 Å². The standard InChI is InChI=1S/C13H16N2O5/c1-15(8-2-4-9(16)5-3-8)13(19)14-11-7-20-6-10(11)12(17)18/h2-5,10-11,16H,6-7H2,1H3,(H,14,19)(H,17,18). The lowest BCUT2D eigenvalue weighted by Gasteiger charge is -2.22. The third-order valence-electron chi connectivity index (χ3n) is 3.25. The summed E-state index contributed by atoms with van der Waals surface area (Å²) in [7, 11) is 1.56. The zero-order valence-corrected chi connectivity index (χ0v) is 10.9. The van der Waals surface area contributed by atoms with Crippen molar-refractivity contribution in [2.75, 3.05) is 25.2 Å². The number of ether oxygens (including phenoxy) is 1. The first-order chi connectivity index (χ1) is 9.49. The van der Waals surface area contributed by atoms with Gasteiger partial charge in [0.05, 0.1) is 19.3 Å². The van der Waals surface area contributed by atoms with Gasteiger partial charge in [0.25, 0.3) is 0 Å². The Morgan fingerprint density at radius 2 is 1.95 bits per heavy atom. The highest BCUT2D eigenvalue weighted by atomic mass is 16.5. The van der Waals surface area contributed by atoms with E-state index in [-0.39, 0.29) is 19.0 Å². The van der Waals surface area contributed by atoms with E-state index in [1.165, 1.54) is 17.0 Å². The Balaban J connectivity index is 2.00. The van der Waals surface area contributed by atoms with Crippen LogP contribution in [0.3, 0.4) is 0 Å². The normalized spacial score (nSPS) is 21.4. The van der Waals surface area contributed by atoms with Crippen molar-refractivity contribution in [3.63, 3.8) is 0 Å². The average molecular weight is 280 g/mol. The summed E-state index contributed by atoms with van der Waals surface area (Å²) in [6.07, 6.45) is 0. The van der Waals surface area contributed by atoms with Gasteiger partial charge in [0.2, 0.25) is 0 Å². The van der Waals surface area contributed by atoms with Gasteiger partial charge in [-0.2, -0.15) is 0 Å². The van der Waals surface area contributed by atoms with Gasteiger partial charge in [-0.05, 0) is 24.3 Å². The Kier molecular flexibility index (Phi) is 4.09. The van der Waals surface area contributed by atoms with Gasteiger partial charge in [-0.3, -0.25) is 9.69 Å². The van der Waals surface area contributed by atoms with Gasteiger partial charge in [0, 0.05) is 12.7 Å². The molecule has 1 heterocycles. The number of rotatable bonds is 3. The molecule has 2 rings (SSSR count). The van der Waals surface area contributed by atoms with E-state index < -0.39 is 24.0 Å². The van der Waals surface area contributed by atoms with Crippen molar-refractivity contribution < 1.29 is 24.5 Å². The molecule has 3 N–H and O–H groups in total. The van der Waals surface area contributed by atoms with E-state index in [4.69, 9.17) is 9.84 Å². The highest BCUT2D eigenvalue weighted by molar-refractivity contribution is 5.92. The van der Waals surface area contributed by atoms with Crippen LogP contribution in [0.4, 0.5) is 10.5 Å². The van der Waals surface area contributed by atoms with E-state index in [1.807, 2.05) is 0 Å². The van der Waals surface area contributed by atoms with Crippen molar-refractivity contribution >= 4 is 17.7 Å². The predicted molar refractivity (Wildman–Crippen MR) is 70.8 cm³/mol. The Bertz CT molecular complexity index is 502. The SMILES string of the molecule is CN(C(=O)NC1COCC1C(=O)O)c1ccc(O)cc1. The van der Waals surface area contributed by atoms with Crippen LogP contribution in [-0.2, 0) is 9.53 Å². The van der Waals surface area contributed by atoms with Gasteiger partial charge >= 0.3 is 12.0 Å². The fourth-order valence-corrected chi connectivity index (χ4v) is 1.99. The number of hydrogen-bond donors (Lipinski definition) is 3. The Hall–Kier alpha value is -2.28. The maximum atomic E-state index is 12.1. The zero-order chi connectivity index (χ0) is 14.7. The van der Waals surface area contributed by atoms with Crippen molar-refractivity contribution in [1.29, 1.82) is 0 Å². The molecule has 7 nitrogen and oxygen atoms in total. The summed E-state index contributed by atoms with van der Waals surface area (Å²) in [6.45, 7) is 0.287. The first kappa shape index (κ1) is 14.1. The van der Waals surface area contributed by atoms with Gasteiger partial charge in [-0.1, -0.05) is 0 Å². The summed E-state index contributed by atoms with van der Waals surface area (Å²) in [5, 5.41) is 20.9. The van der Waals surface area contributed by atoms with Crippen LogP contribution in [0, 0.1) is 5.92 Å². The summed E-state index contributed by atoms with van der Waals surface area (Å²) >= 11 is 0. The van der Waals surface area contributed by atoms with E-state index >= 15 is 0 Å². The number of anilines is 1. The van der Waals surface area contributed by atoms with Crippen LogP contribution in [0.1, 0.15) is 0 Å². The molecule has 0 bridgehead atoms. The third kappa shape index (κ3) is 3.00. The number of aliphatic carboxylic acids is 1. The molecule has 1 aromatic carbocycles. The van der Waals surface area contributed by atoms with E-state index in [0.717, 1.165) is 0 Å². The lowest BCUT2D eigenvalue weighted by molar-refractivity contribution is -0.142. The second-order valence-electron chi connectivity index (χ2n) is 4.61. The van der Waals surface area contributed by atoms with E-state index in [0.29, 0.717) is 5.69 Å². The fraction of sp³-hybridized carbons (Fsp3) is 0.385. The monoisotopic (exact) mass is 280 g/mol. The van der Waals surface area contributed by atoms with E-state index in [1.54, 1.807) is 19.2 Å². The number of benzene rings is 1. The molecular weight excluding hydrogens is 264 g/mol. The third-order valence-corrected chi connectivity index (χ3v) is 3.25. The highest BCUT2D eigenvalue weighted by Crippen LogP contribution is 2.18. The number of carboxylic acid groups (broad SMARTS) is 1. The fourth-order valence-electron chi connectivity index (χ4n) is 1.99. The quantitative estimate of drug-likeness (QED) is 0.754. The number of carbonyl (C=O) groups is 2. The van der Waals surface area contributed by atoms with Crippen LogP contribution in [0.15, 0.2) is 24.3 Å². The van der Waals surface area contributed by atoms with E-state index in [2.05, 4.69) is 5.32 Å². The molecule has 0 aromatic heterocycles. The number of carboxylic acids is 1. The number of urea groups is 1. The lowest BCUT2D eigenvalue weighted by atomic mass is 10.0. The average Bonchev–Trinajstić information content (AvgIpc) is 2.87. The van der Waals surface area contributed by atoms with Crippen molar-refractivity contribution in [3.8, 4) is 5.75 Å². The van der Waals surface area contributed by atoms with Crippen molar-refractivity contribution in [2.45, 2.75) is 6.04 Å². The van der Waals surface area contributed by atoms with Gasteiger partial charge in [0.15, 0.2) is 0 Å². The number of nitrogens with one attached hydrogen (secondary N) is 1. The Labute approximate surface area is 115 Å². The molecule has 2 atom stereocenters. The number of phenols is 1. The van der Waals surface area contributed by atoms with Crippen molar-refractivity contribution in [3.05, 3.63) is 24.3 Å². The zero-order valence-electron chi connectivity index (χ0n) is 10.9. The maximum Gasteiger partial charge on any atom is 0.321 e. The van der Waals surface area contributed by atoms with Crippen LogP contribution in [-0.4, -0.2) is 48.5 Å². The highest BCUT2D eigenvalue weighted by Gasteiger charge is 2.35. The molecule has 108 valence electrons. The number of aromatic hydroxyl groups is 1. The van der Waals surface area contributed by atoms with Crippen LogP contribution in [0.25, 0.3) is 0 Å². The molecule has 20 heavy (non-hydrogen) atoms.